The topological polar surface area (TPSA) is 9.23 Å². The summed E-state index contributed by atoms with van der Waals surface area (Å²) >= 11 is 3.78. The summed E-state index contributed by atoms with van der Waals surface area (Å²) < 4.78 is 6.86. The molecule has 1 nitrogen and oxygen atoms in total. The molecule has 0 aromatic rings. The van der Waals surface area contributed by atoms with Gasteiger partial charge in [-0.3, -0.25) is 0 Å². The Morgan fingerprint density at radius 2 is 1.81 bits per heavy atom. The number of hydrogen-bond donors (Lipinski definition) is 0. The van der Waals surface area contributed by atoms with Crippen molar-refractivity contribution < 1.29 is 4.74 Å². The van der Waals surface area contributed by atoms with Gasteiger partial charge in [0.05, 0.1) is 11.7 Å². The van der Waals surface area contributed by atoms with Crippen molar-refractivity contribution in [1.82, 2.24) is 0 Å². The van der Waals surface area contributed by atoms with Crippen LogP contribution in [0.15, 0.2) is 0 Å². The van der Waals surface area contributed by atoms with Crippen LogP contribution >= 0.6 is 15.9 Å². The van der Waals surface area contributed by atoms with Gasteiger partial charge in [0.25, 0.3) is 0 Å². The lowest BCUT2D eigenvalue weighted by molar-refractivity contribution is -0.145. The lowest BCUT2D eigenvalue weighted by Gasteiger charge is -2.46. The highest BCUT2D eigenvalue weighted by Gasteiger charge is 2.41. The minimum Gasteiger partial charge on any atom is -0.371 e. The Bertz CT molecular complexity index is 307. The van der Waals surface area contributed by atoms with E-state index in [1.54, 1.807) is 0 Å². The predicted molar refractivity (Wildman–Crippen MR) is 95.0 cm³/mol. The van der Waals surface area contributed by atoms with E-state index in [2.05, 4.69) is 43.6 Å². The molecule has 0 radical (unpaired) electrons. The molecule has 0 aliphatic heterocycles. The van der Waals surface area contributed by atoms with Crippen LogP contribution in [-0.4, -0.2) is 17.0 Å². The third kappa shape index (κ3) is 4.47. The molecule has 0 heterocycles. The highest BCUT2D eigenvalue weighted by Crippen LogP contribution is 2.43. The predicted octanol–water partition coefficient (Wildman–Crippen LogP) is 6.20. The molecule has 3 unspecified atom stereocenters. The average Bonchev–Trinajstić information content (AvgIpc) is 2.47. The third-order valence-corrected chi connectivity index (χ3v) is 7.22. The van der Waals surface area contributed by atoms with E-state index < -0.39 is 0 Å². The van der Waals surface area contributed by atoms with E-state index in [0.717, 1.165) is 29.0 Å². The van der Waals surface area contributed by atoms with Gasteiger partial charge in [0.15, 0.2) is 0 Å². The molecule has 2 rings (SSSR count). The van der Waals surface area contributed by atoms with Crippen molar-refractivity contribution in [1.29, 1.82) is 0 Å². The van der Waals surface area contributed by atoms with Crippen molar-refractivity contribution in [3.8, 4) is 0 Å². The zero-order valence-electron chi connectivity index (χ0n) is 14.5. The molecule has 2 fully saturated rings. The molecule has 0 spiro atoms. The first-order chi connectivity index (χ1) is 9.99. The normalized spacial score (nSPS) is 41.4. The van der Waals surface area contributed by atoms with Gasteiger partial charge >= 0.3 is 0 Å². The first kappa shape index (κ1) is 17.8. The standard InChI is InChI=1S/C19H35BrO/c1-5-16-8-10-19(13-20,11-9-16)21-18-12-15(4)6-7-17(18)14(2)3/h14-18H,5-13H2,1-4H3. The molecule has 0 amide bonds. The zero-order chi connectivity index (χ0) is 15.5. The van der Waals surface area contributed by atoms with Crippen molar-refractivity contribution in [3.63, 3.8) is 0 Å². The fourth-order valence-electron chi connectivity index (χ4n) is 4.47. The van der Waals surface area contributed by atoms with Crippen LogP contribution in [-0.2, 0) is 4.74 Å². The molecule has 0 aromatic carbocycles. The second-order valence-corrected chi connectivity index (χ2v) is 8.71. The van der Waals surface area contributed by atoms with Gasteiger partial charge < -0.3 is 4.74 Å². The van der Waals surface area contributed by atoms with E-state index in [-0.39, 0.29) is 5.60 Å². The lowest BCUT2D eigenvalue weighted by Crippen LogP contribution is -2.46. The molecule has 0 aromatic heterocycles. The summed E-state index contributed by atoms with van der Waals surface area (Å²) in [4.78, 5) is 0. The number of rotatable bonds is 5. The third-order valence-electron chi connectivity index (χ3n) is 6.20. The summed E-state index contributed by atoms with van der Waals surface area (Å²) in [6.45, 7) is 9.50. The maximum atomic E-state index is 6.86. The van der Waals surface area contributed by atoms with Gasteiger partial charge in [0, 0.05) is 5.33 Å². The van der Waals surface area contributed by atoms with Gasteiger partial charge in [-0.25, -0.2) is 0 Å². The molecular formula is C19H35BrO. The van der Waals surface area contributed by atoms with Crippen LogP contribution in [0.1, 0.15) is 79.1 Å². The Morgan fingerprint density at radius 3 is 2.33 bits per heavy atom. The van der Waals surface area contributed by atoms with E-state index in [0.29, 0.717) is 6.10 Å². The van der Waals surface area contributed by atoms with Crippen molar-refractivity contribution in [2.24, 2.45) is 23.7 Å². The van der Waals surface area contributed by atoms with E-state index in [4.69, 9.17) is 4.74 Å². The Morgan fingerprint density at radius 1 is 1.14 bits per heavy atom. The smallest absolute Gasteiger partial charge is 0.0783 e. The monoisotopic (exact) mass is 358 g/mol. The SMILES string of the molecule is CCC1CCC(CBr)(OC2CC(C)CCC2C(C)C)CC1. The lowest BCUT2D eigenvalue weighted by atomic mass is 9.74. The number of hydrogen-bond acceptors (Lipinski definition) is 1. The van der Waals surface area contributed by atoms with Crippen LogP contribution in [0.25, 0.3) is 0 Å². The maximum Gasteiger partial charge on any atom is 0.0783 e. The van der Waals surface area contributed by atoms with Crippen LogP contribution in [0.4, 0.5) is 0 Å². The minimum atomic E-state index is 0.126. The summed E-state index contributed by atoms with van der Waals surface area (Å²) in [6.07, 6.45) is 11.1. The fraction of sp³-hybridized carbons (Fsp3) is 1.00. The van der Waals surface area contributed by atoms with Crippen LogP contribution < -0.4 is 0 Å². The largest absolute Gasteiger partial charge is 0.371 e. The van der Waals surface area contributed by atoms with Gasteiger partial charge in [0.1, 0.15) is 0 Å². The average molecular weight is 359 g/mol. The molecule has 2 aliphatic carbocycles. The number of ether oxygens (including phenoxy) is 1. The summed E-state index contributed by atoms with van der Waals surface area (Å²) in [5.41, 5.74) is 0.126. The van der Waals surface area contributed by atoms with E-state index >= 15 is 0 Å². The van der Waals surface area contributed by atoms with Crippen molar-refractivity contribution in [3.05, 3.63) is 0 Å². The van der Waals surface area contributed by atoms with E-state index in [1.807, 2.05) is 0 Å². The van der Waals surface area contributed by atoms with Crippen LogP contribution in [0.2, 0.25) is 0 Å². The summed E-state index contributed by atoms with van der Waals surface area (Å²) in [7, 11) is 0. The van der Waals surface area contributed by atoms with Gasteiger partial charge in [-0.2, -0.15) is 0 Å². The molecule has 21 heavy (non-hydrogen) atoms. The highest BCUT2D eigenvalue weighted by molar-refractivity contribution is 9.09. The fourth-order valence-corrected chi connectivity index (χ4v) is 5.16. The van der Waals surface area contributed by atoms with Crippen molar-refractivity contribution in [2.75, 3.05) is 5.33 Å². The summed E-state index contributed by atoms with van der Waals surface area (Å²) in [6, 6.07) is 0. The molecule has 0 bridgehead atoms. The first-order valence-electron chi connectivity index (χ1n) is 9.23. The highest BCUT2D eigenvalue weighted by atomic mass is 79.9. The van der Waals surface area contributed by atoms with Crippen molar-refractivity contribution in [2.45, 2.75) is 90.8 Å². The van der Waals surface area contributed by atoms with E-state index in [1.165, 1.54) is 51.4 Å². The number of alkyl halides is 1. The Labute approximate surface area is 140 Å². The molecule has 2 heteroatoms. The molecule has 0 N–H and O–H groups in total. The number of halogens is 1. The van der Waals surface area contributed by atoms with Crippen LogP contribution in [0.5, 0.6) is 0 Å². The molecule has 0 saturated heterocycles. The summed E-state index contributed by atoms with van der Waals surface area (Å²) in [5, 5.41) is 1.02. The van der Waals surface area contributed by atoms with Gasteiger partial charge in [-0.1, -0.05) is 56.5 Å². The minimum absolute atomic E-state index is 0.126. The van der Waals surface area contributed by atoms with Crippen molar-refractivity contribution >= 4 is 15.9 Å². The first-order valence-corrected chi connectivity index (χ1v) is 10.4. The molecular weight excluding hydrogens is 324 g/mol. The maximum absolute atomic E-state index is 6.86. The quantitative estimate of drug-likeness (QED) is 0.531. The Kier molecular flexibility index (Phi) is 6.62. The van der Waals surface area contributed by atoms with Gasteiger partial charge in [-0.15, -0.1) is 0 Å². The summed E-state index contributed by atoms with van der Waals surface area (Å²) in [5.74, 6) is 3.29. The molecule has 2 aliphatic rings. The Hall–Kier alpha value is 0.440. The Balaban J connectivity index is 2.02. The van der Waals surface area contributed by atoms with Crippen LogP contribution in [0, 0.1) is 23.7 Å². The van der Waals surface area contributed by atoms with Gasteiger partial charge in [0.2, 0.25) is 0 Å². The van der Waals surface area contributed by atoms with E-state index in [9.17, 15) is 0 Å². The van der Waals surface area contributed by atoms with Gasteiger partial charge in [-0.05, 0) is 62.2 Å². The molecule has 124 valence electrons. The second kappa shape index (κ2) is 7.81. The zero-order valence-corrected chi connectivity index (χ0v) is 16.1. The van der Waals surface area contributed by atoms with Crippen LogP contribution in [0.3, 0.4) is 0 Å². The molecule has 2 saturated carbocycles. The molecule has 3 atom stereocenters. The second-order valence-electron chi connectivity index (χ2n) is 8.15.